The Morgan fingerprint density at radius 3 is 2.48 bits per heavy atom. The number of rotatable bonds is 8. The number of anilines is 1. The molecule has 0 aliphatic rings. The molecule has 0 saturated carbocycles. The first kappa shape index (κ1) is 18.4. The van der Waals surface area contributed by atoms with Gasteiger partial charge in [-0.2, -0.15) is 0 Å². The van der Waals surface area contributed by atoms with E-state index in [0.717, 1.165) is 17.7 Å². The van der Waals surface area contributed by atoms with Gasteiger partial charge in [0.05, 0.1) is 12.7 Å². The van der Waals surface area contributed by atoms with Gasteiger partial charge in [-0.15, -0.1) is 0 Å². The number of carbonyl (C=O) groups is 1. The highest BCUT2D eigenvalue weighted by atomic mass is 16.5. The molecule has 0 spiro atoms. The van der Waals surface area contributed by atoms with Crippen molar-refractivity contribution >= 4 is 11.9 Å². The molecule has 0 radical (unpaired) electrons. The van der Waals surface area contributed by atoms with E-state index in [-0.39, 0.29) is 5.91 Å². The van der Waals surface area contributed by atoms with Crippen molar-refractivity contribution in [3.63, 3.8) is 0 Å². The summed E-state index contributed by atoms with van der Waals surface area (Å²) >= 11 is 0. The van der Waals surface area contributed by atoms with Crippen LogP contribution in [0.2, 0.25) is 0 Å². The lowest BCUT2D eigenvalue weighted by Gasteiger charge is -2.08. The summed E-state index contributed by atoms with van der Waals surface area (Å²) < 4.78 is 5.22. The molecular formula is C21H22N4O2. The van der Waals surface area contributed by atoms with E-state index in [1.807, 2.05) is 54.6 Å². The molecule has 1 heterocycles. The van der Waals surface area contributed by atoms with Crippen LogP contribution >= 0.6 is 0 Å². The zero-order chi connectivity index (χ0) is 18.9. The van der Waals surface area contributed by atoms with E-state index in [1.54, 1.807) is 7.11 Å². The molecule has 2 aromatic carbocycles. The van der Waals surface area contributed by atoms with Crippen molar-refractivity contribution in [1.29, 1.82) is 0 Å². The highest BCUT2D eigenvalue weighted by Gasteiger charge is 2.07. The van der Waals surface area contributed by atoms with Gasteiger partial charge in [-0.25, -0.2) is 9.97 Å². The van der Waals surface area contributed by atoms with E-state index < -0.39 is 0 Å². The zero-order valence-corrected chi connectivity index (χ0v) is 15.2. The molecule has 0 bridgehead atoms. The second-order valence-electron chi connectivity index (χ2n) is 5.99. The largest absolute Gasteiger partial charge is 0.497 e. The van der Waals surface area contributed by atoms with Crippen molar-refractivity contribution in [2.24, 2.45) is 0 Å². The standard InChI is InChI=1S/C21H22N4O2/c1-27-19-9-5-8-16(12-19)10-11-22-21-24-14-18(15-25-21)20(26)23-13-17-6-3-2-4-7-17/h2-9,12,14-15H,10-11,13H2,1H3,(H,23,26)(H,22,24,25). The molecule has 1 aromatic heterocycles. The minimum atomic E-state index is -0.193. The van der Waals surface area contributed by atoms with Crippen LogP contribution < -0.4 is 15.4 Å². The first-order chi connectivity index (χ1) is 13.2. The van der Waals surface area contributed by atoms with Crippen LogP contribution in [0.5, 0.6) is 5.75 Å². The van der Waals surface area contributed by atoms with Crippen LogP contribution in [-0.2, 0) is 13.0 Å². The van der Waals surface area contributed by atoms with Crippen LogP contribution in [0.4, 0.5) is 5.95 Å². The maximum Gasteiger partial charge on any atom is 0.254 e. The summed E-state index contributed by atoms with van der Waals surface area (Å²) in [6, 6.07) is 17.7. The molecular weight excluding hydrogens is 340 g/mol. The van der Waals surface area contributed by atoms with Gasteiger partial charge >= 0.3 is 0 Å². The monoisotopic (exact) mass is 362 g/mol. The maximum absolute atomic E-state index is 12.2. The quantitative estimate of drug-likeness (QED) is 0.644. The number of methoxy groups -OCH3 is 1. The Morgan fingerprint density at radius 2 is 1.74 bits per heavy atom. The number of nitrogens with zero attached hydrogens (tertiary/aromatic N) is 2. The van der Waals surface area contributed by atoms with Crippen molar-refractivity contribution in [2.45, 2.75) is 13.0 Å². The second kappa shape index (κ2) is 9.33. The van der Waals surface area contributed by atoms with Gasteiger partial charge in [-0.1, -0.05) is 42.5 Å². The van der Waals surface area contributed by atoms with Gasteiger partial charge in [0.25, 0.3) is 5.91 Å². The summed E-state index contributed by atoms with van der Waals surface area (Å²) in [5.74, 6) is 1.15. The molecule has 0 aliphatic heterocycles. The molecule has 0 fully saturated rings. The summed E-state index contributed by atoms with van der Waals surface area (Å²) in [5.41, 5.74) is 2.64. The first-order valence-electron chi connectivity index (χ1n) is 8.75. The van der Waals surface area contributed by atoms with Crippen molar-refractivity contribution < 1.29 is 9.53 Å². The second-order valence-corrected chi connectivity index (χ2v) is 5.99. The Kier molecular flexibility index (Phi) is 6.35. The SMILES string of the molecule is COc1cccc(CCNc2ncc(C(=O)NCc3ccccc3)cn2)c1. The topological polar surface area (TPSA) is 76.1 Å². The molecule has 27 heavy (non-hydrogen) atoms. The minimum absolute atomic E-state index is 0.193. The Bertz CT molecular complexity index is 867. The molecule has 0 aliphatic carbocycles. The van der Waals surface area contributed by atoms with Crippen molar-refractivity contribution in [2.75, 3.05) is 19.0 Å². The molecule has 6 heteroatoms. The average molecular weight is 362 g/mol. The molecule has 1 amide bonds. The summed E-state index contributed by atoms with van der Waals surface area (Å²) in [4.78, 5) is 20.6. The van der Waals surface area contributed by atoms with E-state index in [2.05, 4.69) is 20.6 Å². The molecule has 0 unspecified atom stereocenters. The Hall–Kier alpha value is -3.41. The van der Waals surface area contributed by atoms with Gasteiger partial charge in [0.1, 0.15) is 5.75 Å². The fourth-order valence-corrected chi connectivity index (χ4v) is 2.56. The maximum atomic E-state index is 12.2. The summed E-state index contributed by atoms with van der Waals surface area (Å²) in [5, 5.41) is 6.02. The van der Waals surface area contributed by atoms with Crippen LogP contribution in [0.3, 0.4) is 0 Å². The number of aromatic nitrogens is 2. The number of carbonyl (C=O) groups excluding carboxylic acids is 1. The smallest absolute Gasteiger partial charge is 0.254 e. The molecule has 6 nitrogen and oxygen atoms in total. The van der Waals surface area contributed by atoms with Crippen molar-refractivity contribution in [3.05, 3.63) is 83.7 Å². The number of nitrogens with one attached hydrogen (secondary N) is 2. The molecule has 0 atom stereocenters. The Labute approximate surface area is 158 Å². The molecule has 0 saturated heterocycles. The van der Waals surface area contributed by atoms with Gasteiger partial charge in [0, 0.05) is 25.5 Å². The predicted molar refractivity (Wildman–Crippen MR) is 105 cm³/mol. The third-order valence-corrected chi connectivity index (χ3v) is 4.04. The Morgan fingerprint density at radius 1 is 1.00 bits per heavy atom. The normalized spacial score (nSPS) is 10.3. The number of hydrogen-bond acceptors (Lipinski definition) is 5. The van der Waals surface area contributed by atoms with Crippen LogP contribution in [0.25, 0.3) is 0 Å². The Balaban J connectivity index is 1.47. The zero-order valence-electron chi connectivity index (χ0n) is 15.2. The van der Waals surface area contributed by atoms with Crippen molar-refractivity contribution in [1.82, 2.24) is 15.3 Å². The third-order valence-electron chi connectivity index (χ3n) is 4.04. The van der Waals surface area contributed by atoms with Crippen molar-refractivity contribution in [3.8, 4) is 5.75 Å². The lowest BCUT2D eigenvalue weighted by atomic mass is 10.1. The van der Waals surface area contributed by atoms with Crippen LogP contribution in [0.15, 0.2) is 67.0 Å². The van der Waals surface area contributed by atoms with E-state index in [1.165, 1.54) is 18.0 Å². The van der Waals surface area contributed by atoms with Crippen LogP contribution in [-0.4, -0.2) is 29.5 Å². The van der Waals surface area contributed by atoms with Gasteiger partial charge < -0.3 is 15.4 Å². The fourth-order valence-electron chi connectivity index (χ4n) is 2.56. The number of benzene rings is 2. The van der Waals surface area contributed by atoms with Gasteiger partial charge in [-0.05, 0) is 29.7 Å². The van der Waals surface area contributed by atoms with E-state index in [4.69, 9.17) is 4.74 Å². The lowest BCUT2D eigenvalue weighted by molar-refractivity contribution is 0.0950. The van der Waals surface area contributed by atoms with Crippen LogP contribution in [0.1, 0.15) is 21.5 Å². The van der Waals surface area contributed by atoms with Crippen LogP contribution in [0, 0.1) is 0 Å². The number of ether oxygens (including phenoxy) is 1. The third kappa shape index (κ3) is 5.54. The molecule has 3 aromatic rings. The van der Waals surface area contributed by atoms with E-state index in [9.17, 15) is 4.79 Å². The predicted octanol–water partition coefficient (Wildman–Crippen LogP) is 3.07. The number of hydrogen-bond donors (Lipinski definition) is 2. The molecule has 2 N–H and O–H groups in total. The molecule has 138 valence electrons. The van der Waals surface area contributed by atoms with Gasteiger partial charge in [-0.3, -0.25) is 4.79 Å². The lowest BCUT2D eigenvalue weighted by Crippen LogP contribution is -2.23. The van der Waals surface area contributed by atoms with Gasteiger partial charge in [0.15, 0.2) is 0 Å². The minimum Gasteiger partial charge on any atom is -0.497 e. The summed E-state index contributed by atoms with van der Waals surface area (Å²) in [6.07, 6.45) is 3.88. The van der Waals surface area contributed by atoms with E-state index >= 15 is 0 Å². The summed E-state index contributed by atoms with van der Waals surface area (Å²) in [7, 11) is 1.66. The average Bonchev–Trinajstić information content (AvgIpc) is 2.73. The summed E-state index contributed by atoms with van der Waals surface area (Å²) in [6.45, 7) is 1.16. The van der Waals surface area contributed by atoms with Gasteiger partial charge in [0.2, 0.25) is 5.95 Å². The number of amides is 1. The highest BCUT2D eigenvalue weighted by molar-refractivity contribution is 5.93. The fraction of sp³-hybridized carbons (Fsp3) is 0.190. The first-order valence-corrected chi connectivity index (χ1v) is 8.75. The molecule has 3 rings (SSSR count). The highest BCUT2D eigenvalue weighted by Crippen LogP contribution is 2.13. The van der Waals surface area contributed by atoms with E-state index in [0.29, 0.717) is 24.6 Å².